The van der Waals surface area contributed by atoms with E-state index in [0.717, 1.165) is 0 Å². The van der Waals surface area contributed by atoms with Gasteiger partial charge >= 0.3 is 0 Å². The lowest BCUT2D eigenvalue weighted by Gasteiger charge is -2.37. The second-order valence-electron chi connectivity index (χ2n) is 27.0. The zero-order chi connectivity index (χ0) is 62.2. The van der Waals surface area contributed by atoms with E-state index >= 15 is 0 Å². The van der Waals surface area contributed by atoms with E-state index in [1.807, 2.05) is 0 Å². The van der Waals surface area contributed by atoms with E-state index in [0.29, 0.717) is 0 Å². The van der Waals surface area contributed by atoms with Crippen LogP contribution in [0.3, 0.4) is 0 Å². The molecule has 438 valence electrons. The van der Waals surface area contributed by atoms with Gasteiger partial charge in [0.15, 0.2) is 0 Å². The SMILES string of the molecule is c1ccc(-c2ccc3c(c2)c2cc(-c4ccccc4)cc4c2n3-c2ccc3c5cc(-c6ccccc6)ccc5n5c3c2B4c2cc3c(cc2-5)B2c4cc(-c5ccccc5)cc5c6cc(-c7ccccc7)ccc6n(c45)-c4ccc5c6cc(-c7ccccc7)ccc6n-3c5c42)cc1. The molecule has 96 heavy (non-hydrogen) atoms. The molecule has 23 rings (SSSR count). The third kappa shape index (κ3) is 6.69. The van der Waals surface area contributed by atoms with E-state index in [-0.39, 0.29) is 13.4 Å². The van der Waals surface area contributed by atoms with Gasteiger partial charge in [-0.25, -0.2) is 0 Å². The molecule has 19 aromatic rings. The molecule has 4 nitrogen and oxygen atoms in total. The maximum absolute atomic E-state index is 2.70. The monoisotopic (exact) mass is 1210 g/mol. The maximum atomic E-state index is 2.70. The molecule has 4 aliphatic rings. The minimum atomic E-state index is -0.137. The molecule has 0 N–H and O–H groups in total. The molecule has 0 aliphatic carbocycles. The van der Waals surface area contributed by atoms with Crippen molar-refractivity contribution in [2.45, 2.75) is 0 Å². The van der Waals surface area contributed by atoms with Gasteiger partial charge in [-0.05, 0) is 184 Å². The van der Waals surface area contributed by atoms with Crippen molar-refractivity contribution in [1.29, 1.82) is 0 Å². The fourth-order valence-corrected chi connectivity index (χ4v) is 18.3. The highest BCUT2D eigenvalue weighted by atomic mass is 15.1. The Bertz CT molecular complexity index is 6250. The smallest absolute Gasteiger partial charge is 0.252 e. The number of hydrogen-bond acceptors (Lipinski definition) is 0. The third-order valence-corrected chi connectivity index (χ3v) is 22.3. The van der Waals surface area contributed by atoms with Gasteiger partial charge in [-0.3, -0.25) is 0 Å². The van der Waals surface area contributed by atoms with E-state index in [9.17, 15) is 0 Å². The second-order valence-corrected chi connectivity index (χ2v) is 27.0. The van der Waals surface area contributed by atoms with Crippen molar-refractivity contribution in [1.82, 2.24) is 18.3 Å². The summed E-state index contributed by atoms with van der Waals surface area (Å²) in [7, 11) is 0. The van der Waals surface area contributed by atoms with Gasteiger partial charge < -0.3 is 18.3 Å². The van der Waals surface area contributed by atoms with Crippen LogP contribution in [0.1, 0.15) is 0 Å². The van der Waals surface area contributed by atoms with Crippen molar-refractivity contribution in [3.05, 3.63) is 315 Å². The lowest BCUT2D eigenvalue weighted by Crippen LogP contribution is -2.62. The predicted octanol–water partition coefficient (Wildman–Crippen LogP) is 18.4. The Kier molecular flexibility index (Phi) is 9.96. The van der Waals surface area contributed by atoms with E-state index in [1.54, 1.807) is 0 Å². The van der Waals surface area contributed by atoms with Gasteiger partial charge in [0.2, 0.25) is 0 Å². The van der Waals surface area contributed by atoms with Gasteiger partial charge in [0.05, 0.1) is 33.1 Å². The Hall–Kier alpha value is -12.4. The number of aromatic nitrogens is 4. The summed E-state index contributed by atoms with van der Waals surface area (Å²) in [4.78, 5) is 0. The van der Waals surface area contributed by atoms with Crippen LogP contribution in [-0.4, -0.2) is 31.7 Å². The Morgan fingerprint density at radius 2 is 0.438 bits per heavy atom. The molecule has 0 radical (unpaired) electrons. The standard InChI is InChI=1S/C90H52B2N4/c1-7-19-53(20-8-1)59-31-37-77-67(43-59)65-35-41-81-85-89(65)95(77)83-51-74-84(52-73(83)91(85)75-49-63(57-27-15-5-16-28-57)47-71-69-45-61(55-23-11-3-12-24-55)33-39-79(69)93(81)87(71)75)96-78-38-32-60(54-21-9-2-10-22-54)44-68(78)66-36-42-82-86(90(66)96)92(74)76-50-64(58-29-17-6-18-30-58)48-72-70-46-62(56-25-13-4-14-26-56)34-40-80(70)94(82)88(72)76/h1-52H. The first-order valence-electron chi connectivity index (χ1n) is 33.6. The fraction of sp³-hybridized carbons (Fsp3) is 0. The van der Waals surface area contributed by atoms with Crippen LogP contribution in [0.5, 0.6) is 0 Å². The Morgan fingerprint density at radius 3 is 0.750 bits per heavy atom. The molecule has 15 aromatic carbocycles. The molecular formula is C90H52B2N4. The molecule has 6 heteroatoms. The number of benzene rings is 15. The van der Waals surface area contributed by atoms with Crippen LogP contribution >= 0.6 is 0 Å². The number of hydrogen-bond donors (Lipinski definition) is 0. The van der Waals surface area contributed by atoms with Crippen LogP contribution in [0.4, 0.5) is 0 Å². The summed E-state index contributed by atoms with van der Waals surface area (Å²) in [6.07, 6.45) is 0. The highest BCUT2D eigenvalue weighted by molar-refractivity contribution is 7.02. The zero-order valence-corrected chi connectivity index (χ0v) is 52.0. The highest BCUT2D eigenvalue weighted by Gasteiger charge is 2.46. The summed E-state index contributed by atoms with van der Waals surface area (Å²) in [5.41, 5.74) is 37.5. The first-order valence-corrected chi connectivity index (χ1v) is 33.6. The topological polar surface area (TPSA) is 19.7 Å². The van der Waals surface area contributed by atoms with Gasteiger partial charge in [0.25, 0.3) is 13.4 Å². The largest absolute Gasteiger partial charge is 0.310 e. The van der Waals surface area contributed by atoms with E-state index in [2.05, 4.69) is 334 Å². The molecule has 0 fully saturated rings. The van der Waals surface area contributed by atoms with E-state index in [4.69, 9.17) is 0 Å². The van der Waals surface area contributed by atoms with Crippen molar-refractivity contribution >= 4 is 133 Å². The molecule has 0 saturated carbocycles. The van der Waals surface area contributed by atoms with Crippen LogP contribution in [0.15, 0.2) is 315 Å². The zero-order valence-electron chi connectivity index (χ0n) is 52.0. The average Bonchev–Trinajstić information content (AvgIpc) is 1.44. The minimum absolute atomic E-state index is 0.137. The highest BCUT2D eigenvalue weighted by Crippen LogP contribution is 2.47. The van der Waals surface area contributed by atoms with Crippen LogP contribution in [0.2, 0.25) is 0 Å². The number of fused-ring (bicyclic) bond motifs is 22. The summed E-state index contributed by atoms with van der Waals surface area (Å²) < 4.78 is 10.7. The summed E-state index contributed by atoms with van der Waals surface area (Å²) in [5, 5.41) is 10.1. The molecule has 0 saturated heterocycles. The fourth-order valence-electron chi connectivity index (χ4n) is 18.3. The van der Waals surface area contributed by atoms with Crippen molar-refractivity contribution in [2.24, 2.45) is 0 Å². The van der Waals surface area contributed by atoms with E-state index < -0.39 is 0 Å². The molecule has 4 aliphatic heterocycles. The molecular weight excluding hydrogens is 1160 g/mol. The van der Waals surface area contributed by atoms with Crippen molar-refractivity contribution in [3.63, 3.8) is 0 Å². The predicted molar refractivity (Wildman–Crippen MR) is 406 cm³/mol. The Labute approximate surface area is 553 Å². The normalized spacial score (nSPS) is 13.0. The third-order valence-electron chi connectivity index (χ3n) is 22.3. The molecule has 4 aromatic heterocycles. The second kappa shape index (κ2) is 18.7. The van der Waals surface area contributed by atoms with Crippen molar-refractivity contribution < 1.29 is 0 Å². The summed E-state index contributed by atoms with van der Waals surface area (Å²) in [6.45, 7) is -0.275. The first-order chi connectivity index (χ1) is 47.6. The van der Waals surface area contributed by atoms with Crippen LogP contribution in [-0.2, 0) is 0 Å². The molecule has 0 amide bonds. The lowest BCUT2D eigenvalue weighted by molar-refractivity contribution is 1.14. The van der Waals surface area contributed by atoms with Crippen LogP contribution in [0, 0.1) is 0 Å². The molecule has 0 atom stereocenters. The maximum Gasteiger partial charge on any atom is 0.252 e. The lowest BCUT2D eigenvalue weighted by atomic mass is 9.31. The Morgan fingerprint density at radius 1 is 0.167 bits per heavy atom. The van der Waals surface area contributed by atoms with Crippen LogP contribution in [0.25, 0.3) is 177 Å². The summed E-state index contributed by atoms with van der Waals surface area (Å²) in [5.74, 6) is 0. The van der Waals surface area contributed by atoms with Gasteiger partial charge in [0, 0.05) is 76.9 Å². The quantitative estimate of drug-likeness (QED) is 0.148. The number of nitrogens with zero attached hydrogens (tertiary/aromatic N) is 4. The minimum Gasteiger partial charge on any atom is -0.310 e. The van der Waals surface area contributed by atoms with Gasteiger partial charge in [-0.2, -0.15) is 0 Å². The average molecular weight is 1210 g/mol. The Balaban J connectivity index is 0.883. The van der Waals surface area contributed by atoms with Crippen molar-refractivity contribution in [2.75, 3.05) is 0 Å². The van der Waals surface area contributed by atoms with E-state index in [1.165, 1.54) is 210 Å². The van der Waals surface area contributed by atoms with Crippen molar-refractivity contribution in [3.8, 4) is 89.5 Å². The first kappa shape index (κ1) is 51.2. The molecule has 0 unspecified atom stereocenters. The number of rotatable bonds is 6. The summed E-state index contributed by atoms with van der Waals surface area (Å²) >= 11 is 0. The van der Waals surface area contributed by atoms with Gasteiger partial charge in [-0.1, -0.05) is 231 Å². The molecule has 0 spiro atoms. The van der Waals surface area contributed by atoms with Crippen LogP contribution < -0.4 is 32.8 Å². The summed E-state index contributed by atoms with van der Waals surface area (Å²) in [6, 6.07) is 120. The van der Waals surface area contributed by atoms with Gasteiger partial charge in [-0.15, -0.1) is 0 Å². The van der Waals surface area contributed by atoms with Gasteiger partial charge in [0.1, 0.15) is 0 Å². The molecule has 0 bridgehead atoms. The molecule has 8 heterocycles.